The average molecular weight is 313 g/mol. The summed E-state index contributed by atoms with van der Waals surface area (Å²) in [7, 11) is 0. The lowest BCUT2D eigenvalue weighted by atomic mass is 10.0. The van der Waals surface area contributed by atoms with Crippen LogP contribution in [0.15, 0.2) is 9.27 Å². The minimum absolute atomic E-state index is 0.0225. The second-order valence-corrected chi connectivity index (χ2v) is 6.42. The maximum absolute atomic E-state index is 11.9. The molecule has 1 aliphatic carbocycles. The fourth-order valence-electron chi connectivity index (χ4n) is 2.54. The second kappa shape index (κ2) is 6.00. The van der Waals surface area contributed by atoms with Gasteiger partial charge in [-0.3, -0.25) is 4.79 Å². The zero-order valence-electron chi connectivity index (χ0n) is 11.1. The third-order valence-corrected chi connectivity index (χ3v) is 4.40. The molecule has 1 aromatic heterocycles. The largest absolute Gasteiger partial charge is 0.310 e. The summed E-state index contributed by atoms with van der Waals surface area (Å²) in [5.74, 6) is 1.95. The minimum atomic E-state index is -0.0225. The molecule has 0 atom stereocenters. The molecule has 0 saturated heterocycles. The maximum Gasteiger partial charge on any atom is 0.265 e. The predicted octanol–water partition coefficient (Wildman–Crippen LogP) is 3.78. The Labute approximate surface area is 117 Å². The Morgan fingerprint density at radius 1 is 1.39 bits per heavy atom. The van der Waals surface area contributed by atoms with E-state index in [0.717, 1.165) is 24.4 Å². The van der Waals surface area contributed by atoms with Crippen molar-refractivity contribution in [3.05, 3.63) is 26.3 Å². The van der Waals surface area contributed by atoms with Crippen LogP contribution in [0.5, 0.6) is 0 Å². The molecule has 1 N–H and O–H groups in total. The molecule has 1 saturated carbocycles. The van der Waals surface area contributed by atoms with Crippen LogP contribution in [0.25, 0.3) is 0 Å². The summed E-state index contributed by atoms with van der Waals surface area (Å²) in [5, 5.41) is 0. The first-order chi connectivity index (χ1) is 8.58. The quantitative estimate of drug-likeness (QED) is 0.919. The van der Waals surface area contributed by atoms with E-state index in [1.54, 1.807) is 0 Å². The van der Waals surface area contributed by atoms with Gasteiger partial charge in [-0.2, -0.15) is 0 Å². The average Bonchev–Trinajstić information content (AvgIpc) is 2.84. The smallest absolute Gasteiger partial charge is 0.265 e. The molecule has 0 aliphatic heterocycles. The van der Waals surface area contributed by atoms with Crippen molar-refractivity contribution in [2.75, 3.05) is 0 Å². The molecule has 0 aromatic carbocycles. The van der Waals surface area contributed by atoms with Gasteiger partial charge >= 0.3 is 0 Å². The van der Waals surface area contributed by atoms with E-state index in [9.17, 15) is 4.79 Å². The van der Waals surface area contributed by atoms with Crippen LogP contribution in [0.2, 0.25) is 0 Å². The SMILES string of the molecule is CC(C)CCc1nc(C2CCCC2)c(Br)c(=O)[nH]1. The van der Waals surface area contributed by atoms with Crippen molar-refractivity contribution in [1.82, 2.24) is 9.97 Å². The van der Waals surface area contributed by atoms with E-state index in [1.807, 2.05) is 0 Å². The van der Waals surface area contributed by atoms with Gasteiger partial charge in [-0.25, -0.2) is 4.98 Å². The molecule has 0 spiro atoms. The monoisotopic (exact) mass is 312 g/mol. The Balaban J connectivity index is 2.24. The molecule has 4 heteroatoms. The van der Waals surface area contributed by atoms with Crippen molar-refractivity contribution < 1.29 is 0 Å². The normalized spacial score (nSPS) is 16.7. The Morgan fingerprint density at radius 2 is 2.06 bits per heavy atom. The highest BCUT2D eigenvalue weighted by atomic mass is 79.9. The maximum atomic E-state index is 11.9. The number of H-pyrrole nitrogens is 1. The minimum Gasteiger partial charge on any atom is -0.310 e. The van der Waals surface area contributed by atoms with E-state index in [4.69, 9.17) is 0 Å². The van der Waals surface area contributed by atoms with Crippen LogP contribution in [0.3, 0.4) is 0 Å². The Morgan fingerprint density at radius 3 is 2.67 bits per heavy atom. The molecular formula is C14H21BrN2O. The number of halogens is 1. The van der Waals surface area contributed by atoms with Crippen molar-refractivity contribution in [2.24, 2.45) is 5.92 Å². The summed E-state index contributed by atoms with van der Waals surface area (Å²) < 4.78 is 0.641. The first-order valence-corrected chi connectivity index (χ1v) is 7.65. The number of nitrogens with one attached hydrogen (secondary N) is 1. The van der Waals surface area contributed by atoms with Gasteiger partial charge in [-0.05, 0) is 41.1 Å². The number of aromatic nitrogens is 2. The van der Waals surface area contributed by atoms with Gasteiger partial charge in [0.2, 0.25) is 0 Å². The van der Waals surface area contributed by atoms with Crippen LogP contribution in [-0.2, 0) is 6.42 Å². The first kappa shape index (κ1) is 13.8. The van der Waals surface area contributed by atoms with E-state index in [0.29, 0.717) is 16.3 Å². The number of rotatable bonds is 4. The molecule has 1 fully saturated rings. The van der Waals surface area contributed by atoms with Crippen LogP contribution in [-0.4, -0.2) is 9.97 Å². The lowest BCUT2D eigenvalue weighted by molar-refractivity contribution is 0.568. The van der Waals surface area contributed by atoms with Gasteiger partial charge in [0.05, 0.1) is 5.69 Å². The highest BCUT2D eigenvalue weighted by Crippen LogP contribution is 2.35. The lowest BCUT2D eigenvalue weighted by Gasteiger charge is -2.12. The molecular weight excluding hydrogens is 292 g/mol. The van der Waals surface area contributed by atoms with E-state index in [-0.39, 0.29) is 5.56 Å². The summed E-state index contributed by atoms with van der Waals surface area (Å²) in [4.78, 5) is 19.5. The van der Waals surface area contributed by atoms with Gasteiger partial charge in [-0.15, -0.1) is 0 Å². The molecule has 1 aromatic rings. The van der Waals surface area contributed by atoms with Crippen molar-refractivity contribution in [2.45, 2.75) is 58.3 Å². The van der Waals surface area contributed by atoms with Crippen molar-refractivity contribution in [3.63, 3.8) is 0 Å². The molecule has 3 nitrogen and oxygen atoms in total. The van der Waals surface area contributed by atoms with E-state index >= 15 is 0 Å². The molecule has 18 heavy (non-hydrogen) atoms. The Kier molecular flexibility index (Phi) is 4.60. The molecule has 0 amide bonds. The fraction of sp³-hybridized carbons (Fsp3) is 0.714. The van der Waals surface area contributed by atoms with Gasteiger partial charge < -0.3 is 4.98 Å². The van der Waals surface area contributed by atoms with E-state index in [1.165, 1.54) is 25.7 Å². The molecule has 1 heterocycles. The number of hydrogen-bond acceptors (Lipinski definition) is 2. The molecule has 1 aliphatic rings. The van der Waals surface area contributed by atoms with Crippen LogP contribution < -0.4 is 5.56 Å². The first-order valence-electron chi connectivity index (χ1n) is 6.86. The highest BCUT2D eigenvalue weighted by molar-refractivity contribution is 9.10. The van der Waals surface area contributed by atoms with Gasteiger partial charge in [-0.1, -0.05) is 26.7 Å². The van der Waals surface area contributed by atoms with Gasteiger partial charge in [0, 0.05) is 12.3 Å². The van der Waals surface area contributed by atoms with Crippen LogP contribution in [0.4, 0.5) is 0 Å². The summed E-state index contributed by atoms with van der Waals surface area (Å²) in [6.07, 6.45) is 6.77. The topological polar surface area (TPSA) is 45.8 Å². The van der Waals surface area contributed by atoms with Crippen molar-refractivity contribution in [3.8, 4) is 0 Å². The van der Waals surface area contributed by atoms with E-state index in [2.05, 4.69) is 39.7 Å². The number of aryl methyl sites for hydroxylation is 1. The summed E-state index contributed by atoms with van der Waals surface area (Å²) in [6.45, 7) is 4.38. The molecule has 0 bridgehead atoms. The predicted molar refractivity (Wildman–Crippen MR) is 76.9 cm³/mol. The Hall–Kier alpha value is -0.640. The lowest BCUT2D eigenvalue weighted by Crippen LogP contribution is -2.17. The van der Waals surface area contributed by atoms with Crippen LogP contribution >= 0.6 is 15.9 Å². The summed E-state index contributed by atoms with van der Waals surface area (Å²) in [5.41, 5.74) is 0.959. The van der Waals surface area contributed by atoms with Crippen molar-refractivity contribution >= 4 is 15.9 Å². The molecule has 0 unspecified atom stereocenters. The third-order valence-electron chi connectivity index (χ3n) is 3.64. The van der Waals surface area contributed by atoms with Crippen molar-refractivity contribution in [1.29, 1.82) is 0 Å². The third kappa shape index (κ3) is 3.22. The van der Waals surface area contributed by atoms with Gasteiger partial charge in [0.25, 0.3) is 5.56 Å². The number of hydrogen-bond donors (Lipinski definition) is 1. The fourth-order valence-corrected chi connectivity index (χ4v) is 3.05. The van der Waals surface area contributed by atoms with Gasteiger partial charge in [0.15, 0.2) is 0 Å². The summed E-state index contributed by atoms with van der Waals surface area (Å²) >= 11 is 3.40. The molecule has 0 radical (unpaired) electrons. The number of aromatic amines is 1. The zero-order chi connectivity index (χ0) is 13.1. The standard InChI is InChI=1S/C14H21BrN2O/c1-9(2)7-8-11-16-13(10-5-3-4-6-10)12(15)14(18)17-11/h9-10H,3-8H2,1-2H3,(H,16,17,18). The van der Waals surface area contributed by atoms with Gasteiger partial charge in [0.1, 0.15) is 10.3 Å². The zero-order valence-corrected chi connectivity index (χ0v) is 12.7. The molecule has 2 rings (SSSR count). The second-order valence-electron chi connectivity index (χ2n) is 5.63. The molecule has 100 valence electrons. The van der Waals surface area contributed by atoms with Crippen LogP contribution in [0.1, 0.15) is 63.4 Å². The number of nitrogens with zero attached hydrogens (tertiary/aromatic N) is 1. The Bertz CT molecular complexity index is 461. The summed E-state index contributed by atoms with van der Waals surface area (Å²) in [6, 6.07) is 0. The highest BCUT2D eigenvalue weighted by Gasteiger charge is 2.22. The van der Waals surface area contributed by atoms with Crippen LogP contribution in [0, 0.1) is 5.92 Å². The van der Waals surface area contributed by atoms with E-state index < -0.39 is 0 Å².